The maximum Gasteiger partial charge on any atom is 0.418 e. The molecular formula is C22H23F4N3O. The van der Waals surface area contributed by atoms with E-state index in [-0.39, 0.29) is 16.9 Å². The fraction of sp³-hybridized carbons (Fsp3) is 0.318. The zero-order chi connectivity index (χ0) is 21.9. The van der Waals surface area contributed by atoms with E-state index in [9.17, 15) is 22.4 Å². The Bertz CT molecular complexity index is 963. The average Bonchev–Trinajstić information content (AvgIpc) is 3.00. The number of carbonyl (C=O) groups excluding carboxylic acids is 1. The second-order valence-electron chi connectivity index (χ2n) is 7.06. The molecule has 30 heavy (non-hydrogen) atoms. The van der Waals surface area contributed by atoms with E-state index in [1.807, 2.05) is 13.8 Å². The summed E-state index contributed by atoms with van der Waals surface area (Å²) < 4.78 is 54.8. The Morgan fingerprint density at radius 1 is 1.07 bits per heavy atom. The van der Waals surface area contributed by atoms with Crippen molar-refractivity contribution in [2.75, 3.05) is 28.6 Å². The van der Waals surface area contributed by atoms with Gasteiger partial charge in [0.25, 0.3) is 5.91 Å². The van der Waals surface area contributed by atoms with E-state index in [4.69, 9.17) is 0 Å². The molecule has 0 saturated heterocycles. The molecule has 0 saturated carbocycles. The van der Waals surface area contributed by atoms with Crippen molar-refractivity contribution in [1.82, 2.24) is 0 Å². The zero-order valence-corrected chi connectivity index (χ0v) is 16.7. The van der Waals surface area contributed by atoms with Crippen molar-refractivity contribution >= 4 is 28.5 Å². The van der Waals surface area contributed by atoms with Gasteiger partial charge in [-0.25, -0.2) is 4.39 Å². The Kier molecular flexibility index (Phi) is 6.34. The number of fused-ring (bicyclic) bond motifs is 1. The number of rotatable bonds is 7. The molecule has 8 heteroatoms. The first kappa shape index (κ1) is 21.7. The monoisotopic (exact) mass is 421 g/mol. The first-order chi connectivity index (χ1) is 14.2. The molecule has 1 heterocycles. The Morgan fingerprint density at radius 3 is 2.40 bits per heavy atom. The first-order valence-corrected chi connectivity index (χ1v) is 9.78. The lowest BCUT2D eigenvalue weighted by Gasteiger charge is -2.27. The van der Waals surface area contributed by atoms with Gasteiger partial charge in [0, 0.05) is 41.9 Å². The standard InChI is InChI=1S/C22H23F4N3O/c1-3-9-29(10-4-2)20-8-6-15(12-18(20)22(24,25)26)27-13-17-16-11-14(23)5-7-19(16)28-21(17)30/h5-8,11-13,27H,3-4,9-10H2,1-2H3,(H,28,30). The predicted octanol–water partition coefficient (Wildman–Crippen LogP) is 5.88. The molecule has 2 N–H and O–H groups in total. The second kappa shape index (κ2) is 8.77. The first-order valence-electron chi connectivity index (χ1n) is 9.78. The smallest absolute Gasteiger partial charge is 0.371 e. The van der Waals surface area contributed by atoms with Crippen LogP contribution >= 0.6 is 0 Å². The lowest BCUT2D eigenvalue weighted by Crippen LogP contribution is -2.27. The summed E-state index contributed by atoms with van der Waals surface area (Å²) >= 11 is 0. The van der Waals surface area contributed by atoms with Crippen molar-refractivity contribution in [3.63, 3.8) is 0 Å². The molecule has 0 unspecified atom stereocenters. The van der Waals surface area contributed by atoms with Gasteiger partial charge in [-0.2, -0.15) is 13.2 Å². The summed E-state index contributed by atoms with van der Waals surface area (Å²) in [5.41, 5.74) is 0.545. The Morgan fingerprint density at radius 2 is 1.77 bits per heavy atom. The van der Waals surface area contributed by atoms with Crippen LogP contribution in [-0.4, -0.2) is 19.0 Å². The Labute approximate surface area is 172 Å². The predicted molar refractivity (Wildman–Crippen MR) is 111 cm³/mol. The van der Waals surface area contributed by atoms with Gasteiger partial charge in [-0.15, -0.1) is 0 Å². The van der Waals surface area contributed by atoms with E-state index in [1.165, 1.54) is 30.5 Å². The van der Waals surface area contributed by atoms with Gasteiger partial charge in [0.15, 0.2) is 0 Å². The van der Waals surface area contributed by atoms with Gasteiger partial charge in [0.05, 0.1) is 11.1 Å². The van der Waals surface area contributed by atoms with Gasteiger partial charge in [-0.3, -0.25) is 4.79 Å². The van der Waals surface area contributed by atoms with E-state index in [2.05, 4.69) is 10.6 Å². The lowest BCUT2D eigenvalue weighted by molar-refractivity contribution is -0.137. The molecule has 0 bridgehead atoms. The summed E-state index contributed by atoms with van der Waals surface area (Å²) in [5.74, 6) is -0.959. The maximum atomic E-state index is 13.7. The maximum absolute atomic E-state index is 13.7. The van der Waals surface area contributed by atoms with Crippen molar-refractivity contribution in [2.24, 2.45) is 0 Å². The third-order valence-corrected chi connectivity index (χ3v) is 4.78. The van der Waals surface area contributed by atoms with Crippen LogP contribution in [0.4, 0.5) is 34.6 Å². The molecule has 1 amide bonds. The van der Waals surface area contributed by atoms with Gasteiger partial charge in [0.2, 0.25) is 0 Å². The third-order valence-electron chi connectivity index (χ3n) is 4.78. The summed E-state index contributed by atoms with van der Waals surface area (Å²) in [4.78, 5) is 13.9. The lowest BCUT2D eigenvalue weighted by atomic mass is 10.1. The van der Waals surface area contributed by atoms with Gasteiger partial charge in [-0.05, 0) is 49.2 Å². The van der Waals surface area contributed by atoms with Crippen LogP contribution < -0.4 is 15.5 Å². The number of amides is 1. The van der Waals surface area contributed by atoms with E-state index >= 15 is 0 Å². The number of anilines is 3. The van der Waals surface area contributed by atoms with Crippen molar-refractivity contribution < 1.29 is 22.4 Å². The molecule has 0 fully saturated rings. The molecule has 2 aromatic rings. The van der Waals surface area contributed by atoms with Crippen LogP contribution in [0, 0.1) is 5.82 Å². The molecule has 0 radical (unpaired) electrons. The molecule has 0 atom stereocenters. The number of nitrogens with one attached hydrogen (secondary N) is 2. The van der Waals surface area contributed by atoms with Crippen molar-refractivity contribution in [3.8, 4) is 0 Å². The van der Waals surface area contributed by atoms with Crippen LogP contribution in [0.5, 0.6) is 0 Å². The van der Waals surface area contributed by atoms with Crippen LogP contribution in [0.25, 0.3) is 5.57 Å². The van der Waals surface area contributed by atoms with E-state index in [0.717, 1.165) is 18.9 Å². The van der Waals surface area contributed by atoms with Crippen LogP contribution in [0.3, 0.4) is 0 Å². The quantitative estimate of drug-likeness (QED) is 0.434. The van der Waals surface area contributed by atoms with Crippen molar-refractivity contribution in [2.45, 2.75) is 32.9 Å². The van der Waals surface area contributed by atoms with Crippen LogP contribution in [0.2, 0.25) is 0 Å². The minimum atomic E-state index is -4.53. The van der Waals surface area contributed by atoms with Crippen LogP contribution in [0.1, 0.15) is 37.8 Å². The van der Waals surface area contributed by atoms with Crippen LogP contribution in [-0.2, 0) is 11.0 Å². The number of alkyl halides is 3. The highest BCUT2D eigenvalue weighted by Crippen LogP contribution is 2.39. The topological polar surface area (TPSA) is 44.4 Å². The third kappa shape index (κ3) is 4.58. The Balaban J connectivity index is 1.94. The number of hydrogen-bond acceptors (Lipinski definition) is 3. The minimum Gasteiger partial charge on any atom is -0.371 e. The van der Waals surface area contributed by atoms with Gasteiger partial charge >= 0.3 is 6.18 Å². The number of hydrogen-bond donors (Lipinski definition) is 2. The molecule has 0 aliphatic carbocycles. The van der Waals surface area contributed by atoms with E-state index in [0.29, 0.717) is 24.3 Å². The molecule has 0 spiro atoms. The van der Waals surface area contributed by atoms with E-state index < -0.39 is 23.5 Å². The van der Waals surface area contributed by atoms with Crippen molar-refractivity contribution in [3.05, 3.63) is 59.5 Å². The molecule has 2 aromatic carbocycles. The van der Waals surface area contributed by atoms with Crippen molar-refractivity contribution in [1.29, 1.82) is 0 Å². The highest BCUT2D eigenvalue weighted by Gasteiger charge is 2.35. The average molecular weight is 421 g/mol. The largest absolute Gasteiger partial charge is 0.418 e. The fourth-order valence-electron chi connectivity index (χ4n) is 3.48. The number of carbonyl (C=O) groups is 1. The van der Waals surface area contributed by atoms with Gasteiger partial charge in [0.1, 0.15) is 5.82 Å². The zero-order valence-electron chi connectivity index (χ0n) is 16.7. The van der Waals surface area contributed by atoms with Gasteiger partial charge < -0.3 is 15.5 Å². The highest BCUT2D eigenvalue weighted by molar-refractivity contribution is 6.31. The number of halogens is 4. The fourth-order valence-corrected chi connectivity index (χ4v) is 3.48. The molecular weight excluding hydrogens is 398 g/mol. The van der Waals surface area contributed by atoms with Crippen LogP contribution in [0.15, 0.2) is 42.6 Å². The Hall–Kier alpha value is -3.03. The summed E-state index contributed by atoms with van der Waals surface area (Å²) in [6, 6.07) is 7.89. The molecule has 4 nitrogen and oxygen atoms in total. The van der Waals surface area contributed by atoms with Gasteiger partial charge in [-0.1, -0.05) is 13.8 Å². The molecule has 0 aromatic heterocycles. The molecule has 160 valence electrons. The summed E-state index contributed by atoms with van der Waals surface area (Å²) in [5, 5.41) is 5.35. The molecule has 1 aliphatic rings. The number of benzene rings is 2. The second-order valence-corrected chi connectivity index (χ2v) is 7.06. The normalized spacial score (nSPS) is 14.6. The molecule has 3 rings (SSSR count). The van der Waals surface area contributed by atoms with E-state index in [1.54, 1.807) is 11.0 Å². The highest BCUT2D eigenvalue weighted by atomic mass is 19.4. The SMILES string of the molecule is CCCN(CCC)c1ccc(NC=C2C(=O)Nc3ccc(F)cc32)cc1C(F)(F)F. The number of nitrogens with zero attached hydrogens (tertiary/aromatic N) is 1. The minimum absolute atomic E-state index is 0.135. The molecule has 1 aliphatic heterocycles. The summed E-state index contributed by atoms with van der Waals surface area (Å²) in [6.07, 6.45) is -1.77. The summed E-state index contributed by atoms with van der Waals surface area (Å²) in [7, 11) is 0. The summed E-state index contributed by atoms with van der Waals surface area (Å²) in [6.45, 7) is 4.89.